The van der Waals surface area contributed by atoms with Gasteiger partial charge in [0, 0.05) is 24.8 Å². The zero-order valence-corrected chi connectivity index (χ0v) is 15.3. The summed E-state index contributed by atoms with van der Waals surface area (Å²) in [7, 11) is 0. The molecule has 25 heavy (non-hydrogen) atoms. The van der Waals surface area contributed by atoms with Crippen LogP contribution in [0, 0.1) is 29.1 Å². The SMILES string of the molecule is CC1CN(C(=O)/C(C#N)=C\NC23CC4CC(CC(C4)C2)C3)CC(C)O1. The maximum absolute atomic E-state index is 12.8. The van der Waals surface area contributed by atoms with Crippen LogP contribution in [0.1, 0.15) is 52.4 Å². The molecule has 0 aromatic carbocycles. The number of amides is 1. The predicted molar refractivity (Wildman–Crippen MR) is 94.3 cm³/mol. The van der Waals surface area contributed by atoms with Crippen molar-refractivity contribution in [1.82, 2.24) is 10.2 Å². The van der Waals surface area contributed by atoms with Gasteiger partial charge in [-0.1, -0.05) is 0 Å². The summed E-state index contributed by atoms with van der Waals surface area (Å²) in [6.45, 7) is 5.05. The van der Waals surface area contributed by atoms with E-state index in [2.05, 4.69) is 11.4 Å². The molecule has 0 spiro atoms. The Morgan fingerprint density at radius 3 is 2.12 bits per heavy atom. The first-order valence-electron chi connectivity index (χ1n) is 9.79. The van der Waals surface area contributed by atoms with Crippen LogP contribution in [-0.2, 0) is 9.53 Å². The van der Waals surface area contributed by atoms with Crippen LogP contribution in [0.15, 0.2) is 11.8 Å². The van der Waals surface area contributed by atoms with Crippen molar-refractivity contribution in [2.75, 3.05) is 13.1 Å². The Labute approximate surface area is 150 Å². The first-order valence-corrected chi connectivity index (χ1v) is 9.79. The molecule has 5 heteroatoms. The van der Waals surface area contributed by atoms with E-state index in [0.717, 1.165) is 17.8 Å². The summed E-state index contributed by atoms with van der Waals surface area (Å²) in [5.41, 5.74) is 0.361. The van der Waals surface area contributed by atoms with Gasteiger partial charge in [-0.05, 0) is 70.1 Å². The minimum Gasteiger partial charge on any atom is -0.384 e. The van der Waals surface area contributed by atoms with Gasteiger partial charge >= 0.3 is 0 Å². The van der Waals surface area contributed by atoms with Crippen LogP contribution in [0.5, 0.6) is 0 Å². The number of nitriles is 1. The van der Waals surface area contributed by atoms with Crippen molar-refractivity contribution in [3.8, 4) is 6.07 Å². The van der Waals surface area contributed by atoms with Gasteiger partial charge in [-0.15, -0.1) is 0 Å². The fraction of sp³-hybridized carbons (Fsp3) is 0.800. The Bertz CT molecular complexity index is 576. The lowest BCUT2D eigenvalue weighted by Gasteiger charge is -2.57. The van der Waals surface area contributed by atoms with Crippen LogP contribution in [0.3, 0.4) is 0 Å². The lowest BCUT2D eigenvalue weighted by atomic mass is 9.53. The molecule has 4 aliphatic carbocycles. The van der Waals surface area contributed by atoms with E-state index in [1.165, 1.54) is 38.5 Å². The molecule has 1 heterocycles. The van der Waals surface area contributed by atoms with Crippen LogP contribution in [0.2, 0.25) is 0 Å². The Morgan fingerprint density at radius 2 is 1.64 bits per heavy atom. The maximum Gasteiger partial charge on any atom is 0.266 e. The lowest BCUT2D eigenvalue weighted by molar-refractivity contribution is -0.138. The standard InChI is InChI=1S/C20H29N3O2/c1-13-11-23(12-14(2)25-13)19(24)18(9-21)10-22-20-6-15-3-16(7-20)5-17(4-15)8-20/h10,13-17,22H,3-8,11-12H2,1-2H3/b18-10-. The molecule has 5 rings (SSSR count). The van der Waals surface area contributed by atoms with Crippen LogP contribution in [0.4, 0.5) is 0 Å². The van der Waals surface area contributed by atoms with Gasteiger partial charge in [0.2, 0.25) is 0 Å². The van der Waals surface area contributed by atoms with Crippen molar-refractivity contribution in [2.45, 2.75) is 70.1 Å². The van der Waals surface area contributed by atoms with Gasteiger partial charge in [0.05, 0.1) is 12.2 Å². The van der Waals surface area contributed by atoms with Gasteiger partial charge in [-0.3, -0.25) is 4.79 Å². The van der Waals surface area contributed by atoms with Crippen LogP contribution >= 0.6 is 0 Å². The Morgan fingerprint density at radius 1 is 1.12 bits per heavy atom. The molecule has 4 saturated carbocycles. The number of rotatable bonds is 3. The zero-order valence-electron chi connectivity index (χ0n) is 15.3. The molecule has 2 unspecified atom stereocenters. The predicted octanol–water partition coefficient (Wildman–Crippen LogP) is 2.59. The molecule has 0 radical (unpaired) electrons. The second-order valence-corrected chi connectivity index (χ2v) is 8.98. The molecule has 5 aliphatic rings. The van der Waals surface area contributed by atoms with Crippen molar-refractivity contribution in [1.29, 1.82) is 5.26 Å². The maximum atomic E-state index is 12.8. The van der Waals surface area contributed by atoms with Crippen molar-refractivity contribution in [3.63, 3.8) is 0 Å². The van der Waals surface area contributed by atoms with Gasteiger partial charge in [-0.25, -0.2) is 0 Å². The Balaban J connectivity index is 1.46. The molecule has 1 saturated heterocycles. The normalized spacial score (nSPS) is 43.0. The van der Waals surface area contributed by atoms with Crippen molar-refractivity contribution >= 4 is 5.91 Å². The first kappa shape index (κ1) is 16.9. The molecule has 5 fully saturated rings. The molecule has 1 aliphatic heterocycles. The van der Waals surface area contributed by atoms with Crippen molar-refractivity contribution in [3.05, 3.63) is 11.8 Å². The highest BCUT2D eigenvalue weighted by atomic mass is 16.5. The van der Waals surface area contributed by atoms with Gasteiger partial charge in [0.15, 0.2) is 0 Å². The van der Waals surface area contributed by atoms with Gasteiger partial charge < -0.3 is 15.0 Å². The lowest BCUT2D eigenvalue weighted by Crippen LogP contribution is -2.57. The van der Waals surface area contributed by atoms with Crippen LogP contribution < -0.4 is 5.32 Å². The van der Waals surface area contributed by atoms with E-state index < -0.39 is 0 Å². The van der Waals surface area contributed by atoms with E-state index in [4.69, 9.17) is 4.74 Å². The molecular weight excluding hydrogens is 314 g/mol. The summed E-state index contributed by atoms with van der Waals surface area (Å²) >= 11 is 0. The molecule has 1 amide bonds. The molecular formula is C20H29N3O2. The van der Waals surface area contributed by atoms with Gasteiger partial charge in [0.25, 0.3) is 5.91 Å². The van der Waals surface area contributed by atoms with Crippen LogP contribution in [-0.4, -0.2) is 41.6 Å². The quantitative estimate of drug-likeness (QED) is 0.632. The Kier molecular flexibility index (Phi) is 4.27. The van der Waals surface area contributed by atoms with E-state index in [0.29, 0.717) is 13.1 Å². The number of hydrogen-bond donors (Lipinski definition) is 1. The molecule has 0 aromatic heterocycles. The number of nitrogens with one attached hydrogen (secondary N) is 1. The monoisotopic (exact) mass is 343 g/mol. The largest absolute Gasteiger partial charge is 0.384 e. The summed E-state index contributed by atoms with van der Waals surface area (Å²) in [5, 5.41) is 13.1. The van der Waals surface area contributed by atoms with Crippen molar-refractivity contribution < 1.29 is 9.53 Å². The smallest absolute Gasteiger partial charge is 0.266 e. The topological polar surface area (TPSA) is 65.4 Å². The number of nitrogens with zero attached hydrogens (tertiary/aromatic N) is 2. The fourth-order valence-electron chi connectivity index (χ4n) is 6.17. The summed E-state index contributed by atoms with van der Waals surface area (Å²) in [6, 6.07) is 2.13. The highest BCUT2D eigenvalue weighted by Gasteiger charge is 2.50. The van der Waals surface area contributed by atoms with Crippen molar-refractivity contribution in [2.24, 2.45) is 17.8 Å². The highest BCUT2D eigenvalue weighted by Crippen LogP contribution is 2.55. The van der Waals surface area contributed by atoms with E-state index in [9.17, 15) is 10.1 Å². The Hall–Kier alpha value is -1.54. The second kappa shape index (κ2) is 6.32. The summed E-state index contributed by atoms with van der Waals surface area (Å²) in [6.07, 6.45) is 9.53. The average Bonchev–Trinajstić information content (AvgIpc) is 2.53. The third kappa shape index (κ3) is 3.29. The summed E-state index contributed by atoms with van der Waals surface area (Å²) < 4.78 is 5.69. The number of morpholine rings is 1. The molecule has 5 nitrogen and oxygen atoms in total. The molecule has 136 valence electrons. The summed E-state index contributed by atoms with van der Waals surface area (Å²) in [5.74, 6) is 2.36. The summed E-state index contributed by atoms with van der Waals surface area (Å²) in [4.78, 5) is 14.5. The molecule has 2 atom stereocenters. The second-order valence-electron chi connectivity index (χ2n) is 8.98. The minimum atomic E-state index is -0.165. The van der Waals surface area contributed by atoms with Crippen LogP contribution in [0.25, 0.3) is 0 Å². The minimum absolute atomic E-state index is 0.0174. The highest BCUT2D eigenvalue weighted by molar-refractivity contribution is 5.97. The number of carbonyl (C=O) groups is 1. The molecule has 4 bridgehead atoms. The average molecular weight is 343 g/mol. The zero-order chi connectivity index (χ0) is 17.6. The van der Waals surface area contributed by atoms with E-state index >= 15 is 0 Å². The first-order chi connectivity index (χ1) is 12.0. The molecule has 1 N–H and O–H groups in total. The van der Waals surface area contributed by atoms with Gasteiger partial charge in [-0.2, -0.15) is 5.26 Å². The van der Waals surface area contributed by atoms with E-state index in [1.807, 2.05) is 13.8 Å². The number of hydrogen-bond acceptors (Lipinski definition) is 4. The molecule has 0 aromatic rings. The number of carbonyl (C=O) groups excluding carboxylic acids is 1. The van der Waals surface area contributed by atoms with E-state index in [-0.39, 0.29) is 29.2 Å². The van der Waals surface area contributed by atoms with Gasteiger partial charge in [0.1, 0.15) is 11.6 Å². The number of ether oxygens (including phenoxy) is 1. The fourth-order valence-corrected chi connectivity index (χ4v) is 6.17. The van der Waals surface area contributed by atoms with E-state index in [1.54, 1.807) is 11.1 Å². The third-order valence-electron chi connectivity index (χ3n) is 6.62. The third-order valence-corrected chi connectivity index (χ3v) is 6.62.